The number of allylic oxidation sites excluding steroid dienone is 1. The topological polar surface area (TPSA) is 61.4 Å². The van der Waals surface area contributed by atoms with Gasteiger partial charge in [0, 0.05) is 31.0 Å². The van der Waals surface area contributed by atoms with Crippen molar-refractivity contribution >= 4 is 23.2 Å². The van der Waals surface area contributed by atoms with Crippen LogP contribution in [0, 0.1) is 5.92 Å². The van der Waals surface area contributed by atoms with E-state index in [1.807, 2.05) is 24.3 Å². The number of benzene rings is 1. The third kappa shape index (κ3) is 5.84. The molecule has 1 heterocycles. The van der Waals surface area contributed by atoms with Crippen molar-refractivity contribution in [3.63, 3.8) is 0 Å². The number of nitrogens with one attached hydrogen (secondary N) is 2. The molecule has 2 N–H and O–H groups in total. The molecule has 27 heavy (non-hydrogen) atoms. The van der Waals surface area contributed by atoms with E-state index >= 15 is 0 Å². The Morgan fingerprint density at radius 3 is 2.48 bits per heavy atom. The molecule has 1 aliphatic heterocycles. The Morgan fingerprint density at radius 2 is 1.81 bits per heavy atom. The number of carbonyl (C=O) groups is 2. The van der Waals surface area contributed by atoms with Crippen molar-refractivity contribution in [1.29, 1.82) is 0 Å². The van der Waals surface area contributed by atoms with Gasteiger partial charge in [0.15, 0.2) is 0 Å². The molecule has 1 saturated heterocycles. The zero-order chi connectivity index (χ0) is 19.1. The van der Waals surface area contributed by atoms with Gasteiger partial charge in [-0.15, -0.1) is 0 Å². The first-order valence-electron chi connectivity index (χ1n) is 10.2. The number of hydrogen-bond donors (Lipinski definition) is 2. The van der Waals surface area contributed by atoms with Crippen LogP contribution in [0.4, 0.5) is 11.4 Å². The summed E-state index contributed by atoms with van der Waals surface area (Å²) in [6.07, 6.45) is 10.3. The molecular weight excluding hydrogens is 338 g/mol. The SMILES string of the molecule is CC1CCN(c2ccc(NC(=O)C(=O)NCCC3=CCCCC3)cc2)CC1. The molecule has 3 rings (SSSR count). The number of rotatable bonds is 5. The van der Waals surface area contributed by atoms with Gasteiger partial charge in [-0.2, -0.15) is 0 Å². The molecule has 1 fully saturated rings. The Labute approximate surface area is 162 Å². The number of amides is 2. The average Bonchev–Trinajstić information content (AvgIpc) is 2.70. The summed E-state index contributed by atoms with van der Waals surface area (Å²) in [5, 5.41) is 5.40. The first kappa shape index (κ1) is 19.5. The summed E-state index contributed by atoms with van der Waals surface area (Å²) >= 11 is 0. The van der Waals surface area contributed by atoms with E-state index in [1.165, 1.54) is 36.9 Å². The quantitative estimate of drug-likeness (QED) is 0.612. The molecule has 1 aromatic rings. The highest BCUT2D eigenvalue weighted by molar-refractivity contribution is 6.39. The summed E-state index contributed by atoms with van der Waals surface area (Å²) in [5.41, 5.74) is 3.22. The molecule has 1 aliphatic carbocycles. The Bertz CT molecular complexity index is 673. The van der Waals surface area contributed by atoms with Gasteiger partial charge in [0.2, 0.25) is 0 Å². The van der Waals surface area contributed by atoms with Gasteiger partial charge in [-0.25, -0.2) is 0 Å². The predicted molar refractivity (Wildman–Crippen MR) is 110 cm³/mol. The lowest BCUT2D eigenvalue weighted by atomic mass is 9.97. The molecule has 0 unspecified atom stereocenters. The number of hydrogen-bond acceptors (Lipinski definition) is 3. The van der Waals surface area contributed by atoms with Crippen LogP contribution in [0.3, 0.4) is 0 Å². The van der Waals surface area contributed by atoms with E-state index in [1.54, 1.807) is 0 Å². The summed E-state index contributed by atoms with van der Waals surface area (Å²) in [6, 6.07) is 7.76. The molecule has 1 aromatic carbocycles. The van der Waals surface area contributed by atoms with E-state index in [9.17, 15) is 9.59 Å². The van der Waals surface area contributed by atoms with Crippen LogP contribution >= 0.6 is 0 Å². The first-order valence-corrected chi connectivity index (χ1v) is 10.2. The van der Waals surface area contributed by atoms with Gasteiger partial charge in [0.05, 0.1) is 0 Å². The molecule has 2 amide bonds. The van der Waals surface area contributed by atoms with Crippen molar-refractivity contribution < 1.29 is 9.59 Å². The standard InChI is InChI=1S/C22H31N3O2/c1-17-12-15-25(16-13-17)20-9-7-19(8-10-20)24-22(27)21(26)23-14-11-18-5-3-2-4-6-18/h5,7-10,17H,2-4,6,11-16H2,1H3,(H,23,26)(H,24,27). The second kappa shape index (κ2) is 9.58. The molecule has 2 aliphatic rings. The summed E-state index contributed by atoms with van der Waals surface area (Å²) < 4.78 is 0. The summed E-state index contributed by atoms with van der Waals surface area (Å²) in [5.74, 6) is -0.375. The number of piperidine rings is 1. The van der Waals surface area contributed by atoms with E-state index in [4.69, 9.17) is 0 Å². The summed E-state index contributed by atoms with van der Waals surface area (Å²) in [7, 11) is 0. The fourth-order valence-corrected chi connectivity index (χ4v) is 3.76. The maximum atomic E-state index is 12.1. The lowest BCUT2D eigenvalue weighted by Crippen LogP contribution is -2.36. The van der Waals surface area contributed by atoms with Crippen LogP contribution in [-0.4, -0.2) is 31.4 Å². The highest BCUT2D eigenvalue weighted by Crippen LogP contribution is 2.24. The highest BCUT2D eigenvalue weighted by Gasteiger charge is 2.17. The van der Waals surface area contributed by atoms with Crippen LogP contribution in [0.2, 0.25) is 0 Å². The minimum Gasteiger partial charge on any atom is -0.372 e. The van der Waals surface area contributed by atoms with Crippen molar-refractivity contribution in [2.75, 3.05) is 29.9 Å². The van der Waals surface area contributed by atoms with E-state index in [0.29, 0.717) is 12.2 Å². The number of carbonyl (C=O) groups excluding carboxylic acids is 2. The van der Waals surface area contributed by atoms with Crippen molar-refractivity contribution in [3.8, 4) is 0 Å². The second-order valence-electron chi connectivity index (χ2n) is 7.78. The lowest BCUT2D eigenvalue weighted by molar-refractivity contribution is -0.136. The van der Waals surface area contributed by atoms with Crippen molar-refractivity contribution in [3.05, 3.63) is 35.9 Å². The molecule has 146 valence electrons. The van der Waals surface area contributed by atoms with E-state index in [2.05, 4.69) is 28.5 Å². The van der Waals surface area contributed by atoms with E-state index in [-0.39, 0.29) is 0 Å². The van der Waals surface area contributed by atoms with Crippen LogP contribution in [0.15, 0.2) is 35.9 Å². The lowest BCUT2D eigenvalue weighted by Gasteiger charge is -2.32. The van der Waals surface area contributed by atoms with Gasteiger partial charge >= 0.3 is 11.8 Å². The number of nitrogens with zero attached hydrogens (tertiary/aromatic N) is 1. The second-order valence-corrected chi connectivity index (χ2v) is 7.78. The van der Waals surface area contributed by atoms with Crippen molar-refractivity contribution in [2.24, 2.45) is 5.92 Å². The monoisotopic (exact) mass is 369 g/mol. The van der Waals surface area contributed by atoms with E-state index < -0.39 is 11.8 Å². The maximum absolute atomic E-state index is 12.1. The van der Waals surface area contributed by atoms with Gasteiger partial charge < -0.3 is 15.5 Å². The van der Waals surface area contributed by atoms with Gasteiger partial charge in [-0.3, -0.25) is 9.59 Å². The smallest absolute Gasteiger partial charge is 0.313 e. The van der Waals surface area contributed by atoms with Crippen LogP contribution in [0.5, 0.6) is 0 Å². The molecule has 5 heteroatoms. The van der Waals surface area contributed by atoms with E-state index in [0.717, 1.165) is 38.3 Å². The Balaban J connectivity index is 1.43. The van der Waals surface area contributed by atoms with Crippen molar-refractivity contribution in [1.82, 2.24) is 5.32 Å². The molecule has 0 bridgehead atoms. The largest absolute Gasteiger partial charge is 0.372 e. The molecular formula is C22H31N3O2. The highest BCUT2D eigenvalue weighted by atomic mass is 16.2. The Morgan fingerprint density at radius 1 is 1.07 bits per heavy atom. The third-order valence-electron chi connectivity index (χ3n) is 5.60. The molecule has 0 saturated carbocycles. The minimum atomic E-state index is -0.604. The molecule has 0 spiro atoms. The third-order valence-corrected chi connectivity index (χ3v) is 5.60. The van der Waals surface area contributed by atoms with Gasteiger partial charge in [-0.05, 0) is 75.1 Å². The maximum Gasteiger partial charge on any atom is 0.313 e. The van der Waals surface area contributed by atoms with Gasteiger partial charge in [0.1, 0.15) is 0 Å². The fraction of sp³-hybridized carbons (Fsp3) is 0.545. The zero-order valence-electron chi connectivity index (χ0n) is 16.3. The van der Waals surface area contributed by atoms with Gasteiger partial charge in [-0.1, -0.05) is 18.6 Å². The zero-order valence-corrected chi connectivity index (χ0v) is 16.3. The van der Waals surface area contributed by atoms with Crippen LogP contribution in [0.1, 0.15) is 51.9 Å². The molecule has 0 radical (unpaired) electrons. The Kier molecular flexibility index (Phi) is 6.91. The van der Waals surface area contributed by atoms with Crippen molar-refractivity contribution in [2.45, 2.75) is 51.9 Å². The number of anilines is 2. The Hall–Kier alpha value is -2.30. The van der Waals surface area contributed by atoms with Gasteiger partial charge in [0.25, 0.3) is 0 Å². The normalized spacial score (nSPS) is 18.0. The summed E-state index contributed by atoms with van der Waals surface area (Å²) in [6.45, 7) is 4.97. The minimum absolute atomic E-state index is 0.518. The molecule has 0 aromatic heterocycles. The van der Waals surface area contributed by atoms with Crippen LogP contribution in [-0.2, 0) is 9.59 Å². The molecule has 5 nitrogen and oxygen atoms in total. The molecule has 0 atom stereocenters. The predicted octanol–water partition coefficient (Wildman–Crippen LogP) is 3.87. The fourth-order valence-electron chi connectivity index (χ4n) is 3.76. The first-order chi connectivity index (χ1) is 13.1. The summed E-state index contributed by atoms with van der Waals surface area (Å²) in [4.78, 5) is 26.4. The van der Waals surface area contributed by atoms with Crippen LogP contribution < -0.4 is 15.5 Å². The van der Waals surface area contributed by atoms with Crippen LogP contribution in [0.25, 0.3) is 0 Å². The average molecular weight is 370 g/mol.